The lowest BCUT2D eigenvalue weighted by Gasteiger charge is -2.27. The van der Waals surface area contributed by atoms with E-state index in [1.807, 2.05) is 91.5 Å². The van der Waals surface area contributed by atoms with E-state index in [9.17, 15) is 14.7 Å². The highest BCUT2D eigenvalue weighted by molar-refractivity contribution is 7.19. The van der Waals surface area contributed by atoms with Gasteiger partial charge in [-0.05, 0) is 62.4 Å². The predicted octanol–water partition coefficient (Wildman–Crippen LogP) is 7.42. The van der Waals surface area contributed by atoms with Crippen molar-refractivity contribution in [3.63, 3.8) is 0 Å². The molecule has 41 heavy (non-hydrogen) atoms. The Labute approximate surface area is 242 Å². The van der Waals surface area contributed by atoms with E-state index in [2.05, 4.69) is 0 Å². The minimum absolute atomic E-state index is 0.00788. The summed E-state index contributed by atoms with van der Waals surface area (Å²) in [6.07, 6.45) is 4.73. The molecule has 0 unspecified atom stereocenters. The number of carbonyl (C=O) groups excluding carboxylic acids is 1. The van der Waals surface area contributed by atoms with Crippen LogP contribution in [0.4, 0.5) is 5.00 Å². The number of carbonyl (C=O) groups is 1. The maximum Gasteiger partial charge on any atom is 0.265 e. The quantitative estimate of drug-likeness (QED) is 0.227. The number of nitrogens with zero attached hydrogens (tertiary/aromatic N) is 3. The minimum Gasteiger partial charge on any atom is -0.494 e. The zero-order valence-electron chi connectivity index (χ0n) is 23.1. The number of aromatic nitrogens is 1. The molecule has 2 aromatic heterocycles. The van der Waals surface area contributed by atoms with Gasteiger partial charge in [0.15, 0.2) is 0 Å². The highest BCUT2D eigenvalue weighted by Gasteiger charge is 2.27. The molecule has 0 spiro atoms. The molecule has 1 saturated heterocycles. The Kier molecular flexibility index (Phi) is 7.28. The largest absolute Gasteiger partial charge is 0.494 e. The summed E-state index contributed by atoms with van der Waals surface area (Å²) in [7, 11) is 0. The molecule has 3 aromatic carbocycles. The van der Waals surface area contributed by atoms with Crippen LogP contribution in [0.25, 0.3) is 26.9 Å². The number of likely N-dealkylation sites (tertiary alicyclic amines) is 1. The summed E-state index contributed by atoms with van der Waals surface area (Å²) in [5.41, 5.74) is 4.27. The molecule has 0 aliphatic carbocycles. The number of aromatic hydroxyl groups is 1. The molecule has 1 fully saturated rings. The van der Waals surface area contributed by atoms with Crippen LogP contribution in [0, 0.1) is 13.8 Å². The Morgan fingerprint density at radius 3 is 2.24 bits per heavy atom. The molecule has 1 N–H and O–H groups in total. The zero-order valence-corrected chi connectivity index (χ0v) is 23.9. The van der Waals surface area contributed by atoms with Crippen LogP contribution in [0.1, 0.15) is 46.3 Å². The summed E-state index contributed by atoms with van der Waals surface area (Å²) in [5.74, 6) is -0.201. The number of rotatable bonds is 5. The molecule has 7 heteroatoms. The lowest BCUT2D eigenvalue weighted by atomic mass is 10.0. The van der Waals surface area contributed by atoms with E-state index >= 15 is 0 Å². The summed E-state index contributed by atoms with van der Waals surface area (Å²) in [4.78, 5) is 35.1. The number of amides is 1. The van der Waals surface area contributed by atoms with Gasteiger partial charge in [0.2, 0.25) is 5.88 Å². The summed E-state index contributed by atoms with van der Waals surface area (Å²) in [6, 6.07) is 24.7. The first kappa shape index (κ1) is 26.7. The van der Waals surface area contributed by atoms with Gasteiger partial charge in [0.1, 0.15) is 5.00 Å². The zero-order chi connectivity index (χ0) is 28.5. The van der Waals surface area contributed by atoms with Crippen molar-refractivity contribution in [3.8, 4) is 22.0 Å². The van der Waals surface area contributed by atoms with Crippen LogP contribution in [0.3, 0.4) is 0 Å². The highest BCUT2D eigenvalue weighted by Crippen LogP contribution is 2.42. The average Bonchev–Trinajstić information content (AvgIpc) is 3.34. The number of hydrogen-bond donors (Lipinski definition) is 1. The van der Waals surface area contributed by atoms with Crippen LogP contribution in [0.15, 0.2) is 88.6 Å². The first-order valence-corrected chi connectivity index (χ1v) is 14.7. The number of aryl methyl sites for hydroxylation is 1. The third-order valence-electron chi connectivity index (χ3n) is 7.73. The van der Waals surface area contributed by atoms with Gasteiger partial charge in [-0.1, -0.05) is 66.2 Å². The molecule has 3 heterocycles. The van der Waals surface area contributed by atoms with Gasteiger partial charge >= 0.3 is 0 Å². The van der Waals surface area contributed by atoms with Gasteiger partial charge in [0.25, 0.3) is 11.5 Å². The average molecular weight is 562 g/mol. The number of benzene rings is 3. The SMILES string of the molecule is Cc1ccc(-n2c(O)c(C=Nc3sc(-c4ccccc4)c(C)c3C(=O)N3CCCCC3)c3ccccc3c2=O)cc1. The summed E-state index contributed by atoms with van der Waals surface area (Å²) in [5, 5.41) is 13.2. The van der Waals surface area contributed by atoms with Gasteiger partial charge in [0.05, 0.1) is 16.8 Å². The third kappa shape index (κ3) is 4.98. The molecule has 5 aromatic rings. The number of aliphatic imine (C=N–C) groups is 1. The molecular formula is C34H31N3O3S. The van der Waals surface area contributed by atoms with Gasteiger partial charge in [-0.15, -0.1) is 11.3 Å². The predicted molar refractivity (Wildman–Crippen MR) is 167 cm³/mol. The molecular weight excluding hydrogens is 530 g/mol. The second-order valence-electron chi connectivity index (χ2n) is 10.5. The van der Waals surface area contributed by atoms with Crippen LogP contribution in [-0.4, -0.2) is 39.8 Å². The van der Waals surface area contributed by atoms with Crippen molar-refractivity contribution < 1.29 is 9.90 Å². The summed E-state index contributed by atoms with van der Waals surface area (Å²) in [6.45, 7) is 5.44. The number of fused-ring (bicyclic) bond motifs is 1. The van der Waals surface area contributed by atoms with Crippen LogP contribution >= 0.6 is 11.3 Å². The molecule has 0 saturated carbocycles. The monoisotopic (exact) mass is 561 g/mol. The van der Waals surface area contributed by atoms with Gasteiger partial charge in [-0.25, -0.2) is 9.56 Å². The lowest BCUT2D eigenvalue weighted by molar-refractivity contribution is 0.0725. The summed E-state index contributed by atoms with van der Waals surface area (Å²) < 4.78 is 1.32. The van der Waals surface area contributed by atoms with Crippen molar-refractivity contribution in [1.29, 1.82) is 0 Å². The van der Waals surface area contributed by atoms with Crippen molar-refractivity contribution in [2.24, 2.45) is 4.99 Å². The maximum atomic E-state index is 13.9. The van der Waals surface area contributed by atoms with Gasteiger partial charge in [-0.2, -0.15) is 0 Å². The van der Waals surface area contributed by atoms with Gasteiger partial charge in [0, 0.05) is 35.0 Å². The molecule has 1 amide bonds. The van der Waals surface area contributed by atoms with E-state index in [-0.39, 0.29) is 17.3 Å². The molecule has 1 aliphatic heterocycles. The number of piperidine rings is 1. The minimum atomic E-state index is -0.307. The van der Waals surface area contributed by atoms with Gasteiger partial charge in [-0.3, -0.25) is 9.59 Å². The fourth-order valence-electron chi connectivity index (χ4n) is 5.51. The van der Waals surface area contributed by atoms with E-state index in [0.717, 1.165) is 53.9 Å². The highest BCUT2D eigenvalue weighted by atomic mass is 32.1. The summed E-state index contributed by atoms with van der Waals surface area (Å²) >= 11 is 1.47. The van der Waals surface area contributed by atoms with Crippen molar-refractivity contribution in [2.45, 2.75) is 33.1 Å². The van der Waals surface area contributed by atoms with Crippen molar-refractivity contribution in [1.82, 2.24) is 9.47 Å². The second-order valence-corrected chi connectivity index (χ2v) is 11.5. The molecule has 0 atom stereocenters. The van der Waals surface area contributed by atoms with Crippen LogP contribution < -0.4 is 5.56 Å². The standard InChI is InChI=1S/C34H31N3O3S/c1-22-15-17-25(18-16-22)37-32(38)27-14-8-7-13-26(27)28(33(37)39)21-35-31-29(34(40)36-19-9-4-10-20-36)23(2)30(41-31)24-11-5-3-6-12-24/h3,5-8,11-18,21,39H,4,9-10,19-20H2,1-2H3. The van der Waals surface area contributed by atoms with Crippen molar-refractivity contribution in [2.75, 3.05) is 13.1 Å². The third-order valence-corrected chi connectivity index (χ3v) is 8.98. The lowest BCUT2D eigenvalue weighted by Crippen LogP contribution is -2.35. The van der Waals surface area contributed by atoms with E-state index in [4.69, 9.17) is 4.99 Å². The topological polar surface area (TPSA) is 74.9 Å². The van der Waals surface area contributed by atoms with Crippen LogP contribution in [0.2, 0.25) is 0 Å². The fourth-order valence-corrected chi connectivity index (χ4v) is 6.66. The van der Waals surface area contributed by atoms with Crippen molar-refractivity contribution in [3.05, 3.63) is 111 Å². The normalized spacial score (nSPS) is 13.8. The smallest absolute Gasteiger partial charge is 0.265 e. The van der Waals surface area contributed by atoms with E-state index in [1.165, 1.54) is 15.9 Å². The number of pyridine rings is 1. The maximum absolute atomic E-state index is 13.9. The molecule has 1 aliphatic rings. The molecule has 6 nitrogen and oxygen atoms in total. The Morgan fingerprint density at radius 2 is 1.54 bits per heavy atom. The fraction of sp³-hybridized carbons (Fsp3) is 0.206. The number of hydrogen-bond acceptors (Lipinski definition) is 5. The van der Waals surface area contributed by atoms with E-state index in [0.29, 0.717) is 32.6 Å². The first-order chi connectivity index (χ1) is 19.9. The van der Waals surface area contributed by atoms with E-state index < -0.39 is 0 Å². The second kappa shape index (κ2) is 11.2. The van der Waals surface area contributed by atoms with E-state index in [1.54, 1.807) is 12.3 Å². The first-order valence-electron chi connectivity index (χ1n) is 13.9. The molecule has 206 valence electrons. The molecule has 0 radical (unpaired) electrons. The Morgan fingerprint density at radius 1 is 0.878 bits per heavy atom. The van der Waals surface area contributed by atoms with Crippen LogP contribution in [-0.2, 0) is 0 Å². The molecule has 0 bridgehead atoms. The Bertz CT molecular complexity index is 1830. The Balaban J connectivity index is 1.53. The Hall–Kier alpha value is -4.49. The van der Waals surface area contributed by atoms with Crippen molar-refractivity contribution >= 4 is 39.2 Å². The molecule has 6 rings (SSSR count). The van der Waals surface area contributed by atoms with Gasteiger partial charge < -0.3 is 10.0 Å². The number of thiophene rings is 1. The van der Waals surface area contributed by atoms with Crippen LogP contribution in [0.5, 0.6) is 5.88 Å².